The molecule has 0 spiro atoms. The first kappa shape index (κ1) is 17.5. The Hall–Kier alpha value is -3.34. The van der Waals surface area contributed by atoms with E-state index in [1.165, 1.54) is 0 Å². The lowest BCUT2D eigenvalue weighted by Crippen LogP contribution is -2.26. The molecule has 0 fully saturated rings. The molecule has 0 radical (unpaired) electrons. The van der Waals surface area contributed by atoms with E-state index in [1.54, 1.807) is 30.3 Å². The summed E-state index contributed by atoms with van der Waals surface area (Å²) in [7, 11) is 0. The van der Waals surface area contributed by atoms with Gasteiger partial charge in [-0.15, -0.1) is 0 Å². The summed E-state index contributed by atoms with van der Waals surface area (Å²) in [5.41, 5.74) is 7.80. The highest BCUT2D eigenvalue weighted by molar-refractivity contribution is 6.04. The second kappa shape index (κ2) is 7.27. The van der Waals surface area contributed by atoms with Gasteiger partial charge < -0.3 is 16.2 Å². The highest BCUT2D eigenvalue weighted by Gasteiger charge is 2.15. The Kier molecular flexibility index (Phi) is 4.89. The molecule has 2 amide bonds. The van der Waals surface area contributed by atoms with Gasteiger partial charge in [-0.3, -0.25) is 9.59 Å². The van der Waals surface area contributed by atoms with Gasteiger partial charge in [0.2, 0.25) is 5.91 Å². The zero-order valence-corrected chi connectivity index (χ0v) is 14.5. The lowest BCUT2D eigenvalue weighted by Gasteiger charge is -2.11. The number of carbonyl (C=O) groups is 2. The van der Waals surface area contributed by atoms with Crippen molar-refractivity contribution in [3.8, 4) is 5.75 Å². The predicted octanol–water partition coefficient (Wildman–Crippen LogP) is 2.93. The Bertz CT molecular complexity index is 996. The molecule has 0 saturated carbocycles. The first-order chi connectivity index (χ1) is 12.5. The SMILES string of the molecule is Cc1cc(C(=O)NCCc2cccc(C(N)=O)c2)c(O)c2ccccc12. The number of amides is 2. The summed E-state index contributed by atoms with van der Waals surface area (Å²) in [4.78, 5) is 23.7. The number of phenolic OH excluding ortho intramolecular Hbond substituents is 1. The van der Waals surface area contributed by atoms with Crippen LogP contribution in [0.3, 0.4) is 0 Å². The molecule has 3 aromatic carbocycles. The number of aryl methyl sites for hydroxylation is 1. The van der Waals surface area contributed by atoms with Crippen LogP contribution in [0.15, 0.2) is 54.6 Å². The second-order valence-corrected chi connectivity index (χ2v) is 6.21. The maximum atomic E-state index is 12.5. The van der Waals surface area contributed by atoms with Crippen molar-refractivity contribution in [2.75, 3.05) is 6.54 Å². The number of fused-ring (bicyclic) bond motifs is 1. The van der Waals surface area contributed by atoms with Gasteiger partial charge in [0, 0.05) is 17.5 Å². The lowest BCUT2D eigenvalue weighted by atomic mass is 10.00. The van der Waals surface area contributed by atoms with Crippen LogP contribution in [-0.4, -0.2) is 23.5 Å². The summed E-state index contributed by atoms with van der Waals surface area (Å²) in [6.07, 6.45) is 0.556. The third kappa shape index (κ3) is 3.52. The largest absolute Gasteiger partial charge is 0.506 e. The standard InChI is InChI=1S/C21H20N2O3/c1-13-11-18(19(24)17-8-3-2-7-16(13)17)21(26)23-10-9-14-5-4-6-15(12-14)20(22)25/h2-8,11-12,24H,9-10H2,1H3,(H2,22,25)(H,23,26). The van der Waals surface area contributed by atoms with Crippen molar-refractivity contribution >= 4 is 22.6 Å². The van der Waals surface area contributed by atoms with Crippen LogP contribution in [0.1, 0.15) is 31.8 Å². The monoisotopic (exact) mass is 348 g/mol. The third-order valence-electron chi connectivity index (χ3n) is 4.38. The van der Waals surface area contributed by atoms with Crippen LogP contribution >= 0.6 is 0 Å². The molecule has 0 aliphatic rings. The highest BCUT2D eigenvalue weighted by atomic mass is 16.3. The van der Waals surface area contributed by atoms with E-state index in [0.29, 0.717) is 23.9 Å². The molecular weight excluding hydrogens is 328 g/mol. The van der Waals surface area contributed by atoms with Crippen LogP contribution in [0.4, 0.5) is 0 Å². The van der Waals surface area contributed by atoms with Crippen molar-refractivity contribution in [1.82, 2.24) is 5.32 Å². The van der Waals surface area contributed by atoms with Gasteiger partial charge in [0.05, 0.1) is 5.56 Å². The van der Waals surface area contributed by atoms with E-state index in [0.717, 1.165) is 16.5 Å². The summed E-state index contributed by atoms with van der Waals surface area (Å²) in [5.74, 6) is -0.825. The number of aromatic hydroxyl groups is 1. The van der Waals surface area contributed by atoms with Gasteiger partial charge >= 0.3 is 0 Å². The molecule has 0 bridgehead atoms. The molecule has 3 aromatic rings. The Labute approximate surface area is 151 Å². The van der Waals surface area contributed by atoms with E-state index in [2.05, 4.69) is 5.32 Å². The van der Waals surface area contributed by atoms with E-state index in [4.69, 9.17) is 5.73 Å². The Morgan fingerprint density at radius 2 is 1.77 bits per heavy atom. The van der Waals surface area contributed by atoms with E-state index in [-0.39, 0.29) is 17.2 Å². The molecule has 132 valence electrons. The molecule has 5 heteroatoms. The molecule has 26 heavy (non-hydrogen) atoms. The normalized spacial score (nSPS) is 10.7. The Morgan fingerprint density at radius 3 is 2.50 bits per heavy atom. The number of hydrogen-bond acceptors (Lipinski definition) is 3. The molecule has 0 atom stereocenters. The number of rotatable bonds is 5. The average Bonchev–Trinajstić information content (AvgIpc) is 2.65. The Balaban J connectivity index is 1.73. The van der Waals surface area contributed by atoms with Gasteiger partial charge in [-0.25, -0.2) is 0 Å². The molecule has 3 rings (SSSR count). The fourth-order valence-electron chi connectivity index (χ4n) is 3.01. The molecule has 0 heterocycles. The fourth-order valence-corrected chi connectivity index (χ4v) is 3.01. The highest BCUT2D eigenvalue weighted by Crippen LogP contribution is 2.31. The molecular formula is C21H20N2O3. The fraction of sp³-hybridized carbons (Fsp3) is 0.143. The average molecular weight is 348 g/mol. The molecule has 5 nitrogen and oxygen atoms in total. The summed E-state index contributed by atoms with van der Waals surface area (Å²) in [6, 6.07) is 16.1. The quantitative estimate of drug-likeness (QED) is 0.662. The van der Waals surface area contributed by atoms with Gasteiger partial charge in [-0.2, -0.15) is 0 Å². The zero-order valence-electron chi connectivity index (χ0n) is 14.5. The summed E-state index contributed by atoms with van der Waals surface area (Å²) in [6.45, 7) is 2.29. The van der Waals surface area contributed by atoms with Gasteiger partial charge in [-0.1, -0.05) is 36.4 Å². The number of primary amides is 1. The van der Waals surface area contributed by atoms with Crippen LogP contribution in [-0.2, 0) is 6.42 Å². The Morgan fingerprint density at radius 1 is 1.04 bits per heavy atom. The van der Waals surface area contributed by atoms with Crippen molar-refractivity contribution in [3.63, 3.8) is 0 Å². The van der Waals surface area contributed by atoms with Crippen LogP contribution in [0, 0.1) is 6.92 Å². The van der Waals surface area contributed by atoms with Crippen LogP contribution in [0.2, 0.25) is 0 Å². The number of nitrogens with one attached hydrogen (secondary N) is 1. The minimum absolute atomic E-state index is 0.0144. The number of benzene rings is 3. The van der Waals surface area contributed by atoms with E-state index < -0.39 is 5.91 Å². The molecule has 0 aromatic heterocycles. The van der Waals surface area contributed by atoms with E-state index in [1.807, 2.05) is 31.2 Å². The number of hydrogen-bond donors (Lipinski definition) is 3. The maximum absolute atomic E-state index is 12.5. The third-order valence-corrected chi connectivity index (χ3v) is 4.38. The first-order valence-electron chi connectivity index (χ1n) is 8.35. The number of carbonyl (C=O) groups excluding carboxylic acids is 2. The summed E-state index contributed by atoms with van der Waals surface area (Å²) < 4.78 is 0. The lowest BCUT2D eigenvalue weighted by molar-refractivity contribution is 0.0950. The van der Waals surface area contributed by atoms with Gasteiger partial charge in [0.15, 0.2) is 0 Å². The minimum atomic E-state index is -0.479. The topological polar surface area (TPSA) is 92.4 Å². The van der Waals surface area contributed by atoms with Gasteiger partial charge in [0.1, 0.15) is 5.75 Å². The number of phenols is 1. The van der Waals surface area contributed by atoms with Crippen molar-refractivity contribution in [2.24, 2.45) is 5.73 Å². The van der Waals surface area contributed by atoms with E-state index in [9.17, 15) is 14.7 Å². The molecule has 0 unspecified atom stereocenters. The number of nitrogens with two attached hydrogens (primary N) is 1. The van der Waals surface area contributed by atoms with Crippen molar-refractivity contribution in [2.45, 2.75) is 13.3 Å². The first-order valence-corrected chi connectivity index (χ1v) is 8.35. The van der Waals surface area contributed by atoms with Crippen LogP contribution in [0.5, 0.6) is 5.75 Å². The molecule has 0 aliphatic heterocycles. The predicted molar refractivity (Wildman–Crippen MR) is 101 cm³/mol. The van der Waals surface area contributed by atoms with Gasteiger partial charge in [0.25, 0.3) is 5.91 Å². The van der Waals surface area contributed by atoms with Crippen molar-refractivity contribution in [1.29, 1.82) is 0 Å². The molecule has 4 N–H and O–H groups in total. The smallest absolute Gasteiger partial charge is 0.255 e. The van der Waals surface area contributed by atoms with Crippen molar-refractivity contribution in [3.05, 3.63) is 76.9 Å². The summed E-state index contributed by atoms with van der Waals surface area (Å²) in [5, 5.41) is 14.8. The molecule has 0 aliphatic carbocycles. The summed E-state index contributed by atoms with van der Waals surface area (Å²) >= 11 is 0. The molecule has 0 saturated heterocycles. The van der Waals surface area contributed by atoms with Crippen molar-refractivity contribution < 1.29 is 14.7 Å². The van der Waals surface area contributed by atoms with Gasteiger partial charge in [-0.05, 0) is 48.1 Å². The van der Waals surface area contributed by atoms with Crippen LogP contribution in [0.25, 0.3) is 10.8 Å². The maximum Gasteiger partial charge on any atom is 0.255 e. The second-order valence-electron chi connectivity index (χ2n) is 6.21. The van der Waals surface area contributed by atoms with E-state index >= 15 is 0 Å². The van der Waals surface area contributed by atoms with Crippen LogP contribution < -0.4 is 11.1 Å². The minimum Gasteiger partial charge on any atom is -0.506 e. The zero-order chi connectivity index (χ0) is 18.7.